The lowest BCUT2D eigenvalue weighted by molar-refractivity contribution is 0.553. The first kappa shape index (κ1) is 15.1. The maximum atomic E-state index is 10.8. The number of nitrogens with zero attached hydrogens (tertiary/aromatic N) is 1. The monoisotopic (exact) mass is 287 g/mol. The van der Waals surface area contributed by atoms with E-state index in [9.17, 15) is 8.42 Å². The third-order valence-electron chi connectivity index (χ3n) is 2.33. The average Bonchev–Trinajstić information content (AvgIpc) is 2.75. The van der Waals surface area contributed by atoms with Crippen LogP contribution in [0.5, 0.6) is 0 Å². The molecule has 1 rings (SSSR count). The lowest BCUT2D eigenvalue weighted by Crippen LogP contribution is -2.27. The highest BCUT2D eigenvalue weighted by Crippen LogP contribution is 2.22. The van der Waals surface area contributed by atoms with Gasteiger partial charge in [-0.1, -0.05) is 0 Å². The van der Waals surface area contributed by atoms with Crippen LogP contribution >= 0.6 is 11.3 Å². The van der Waals surface area contributed by atoms with Gasteiger partial charge in [-0.2, -0.15) is 5.26 Å². The molecule has 2 N–H and O–H groups in total. The lowest BCUT2D eigenvalue weighted by atomic mass is 10.2. The zero-order chi connectivity index (χ0) is 13.6. The molecule has 0 saturated heterocycles. The molecule has 0 radical (unpaired) electrons. The van der Waals surface area contributed by atoms with E-state index >= 15 is 0 Å². The Bertz CT molecular complexity index is 517. The van der Waals surface area contributed by atoms with Crippen LogP contribution in [0, 0.1) is 11.3 Å². The van der Waals surface area contributed by atoms with E-state index in [1.165, 1.54) is 11.3 Å². The first-order valence-electron chi connectivity index (χ1n) is 5.60. The minimum Gasteiger partial charge on any atom is -0.309 e. The van der Waals surface area contributed by atoms with Crippen molar-refractivity contribution in [3.05, 3.63) is 21.9 Å². The molecule has 1 heterocycles. The molecule has 100 valence electrons. The number of nitrogens with one attached hydrogen (secondary N) is 2. The summed E-state index contributed by atoms with van der Waals surface area (Å²) in [6, 6.07) is 6.03. The molecule has 0 aromatic carbocycles. The fourth-order valence-electron chi connectivity index (χ4n) is 1.41. The van der Waals surface area contributed by atoms with Gasteiger partial charge in [-0.25, -0.2) is 13.1 Å². The van der Waals surface area contributed by atoms with E-state index < -0.39 is 10.0 Å². The number of rotatable bonds is 7. The molecule has 0 aliphatic carbocycles. The maximum Gasteiger partial charge on any atom is 0.208 e. The molecule has 0 fully saturated rings. The quantitative estimate of drug-likeness (QED) is 0.739. The second-order valence-corrected chi connectivity index (χ2v) is 6.96. The summed E-state index contributed by atoms with van der Waals surface area (Å²) in [4.78, 5) is 1.82. The van der Waals surface area contributed by atoms with E-state index in [0.717, 1.165) is 24.1 Å². The number of thiophene rings is 1. The van der Waals surface area contributed by atoms with Crippen molar-refractivity contribution < 1.29 is 8.42 Å². The number of nitriles is 1. The number of sulfonamides is 1. The molecule has 0 spiro atoms. The molecular formula is C11H17N3O2S2. The minimum absolute atomic E-state index is 0.176. The molecule has 7 heteroatoms. The second kappa shape index (κ2) is 6.85. The van der Waals surface area contributed by atoms with Crippen LogP contribution in [0.25, 0.3) is 0 Å². The van der Waals surface area contributed by atoms with Gasteiger partial charge in [0.15, 0.2) is 0 Å². The van der Waals surface area contributed by atoms with Gasteiger partial charge in [0, 0.05) is 17.5 Å². The highest BCUT2D eigenvalue weighted by Gasteiger charge is 2.07. The van der Waals surface area contributed by atoms with Crippen LogP contribution in [0.4, 0.5) is 0 Å². The van der Waals surface area contributed by atoms with Crippen molar-refractivity contribution in [2.45, 2.75) is 19.4 Å². The van der Waals surface area contributed by atoms with Crippen LogP contribution in [0.15, 0.2) is 12.1 Å². The fraction of sp³-hybridized carbons (Fsp3) is 0.545. The SMILES string of the molecule is C[C@H](NCCCNS(C)(=O)=O)c1ccc(C#N)s1. The van der Waals surface area contributed by atoms with Gasteiger partial charge in [-0.15, -0.1) is 11.3 Å². The van der Waals surface area contributed by atoms with Gasteiger partial charge in [0.05, 0.1) is 6.26 Å². The van der Waals surface area contributed by atoms with Gasteiger partial charge in [0.1, 0.15) is 10.9 Å². The first-order valence-corrected chi connectivity index (χ1v) is 8.31. The maximum absolute atomic E-state index is 10.8. The van der Waals surface area contributed by atoms with Crippen molar-refractivity contribution in [1.29, 1.82) is 5.26 Å². The molecule has 18 heavy (non-hydrogen) atoms. The summed E-state index contributed by atoms with van der Waals surface area (Å²) in [5.41, 5.74) is 0. The smallest absolute Gasteiger partial charge is 0.208 e. The van der Waals surface area contributed by atoms with Gasteiger partial charge < -0.3 is 5.32 Å². The van der Waals surface area contributed by atoms with E-state index in [-0.39, 0.29) is 6.04 Å². The zero-order valence-electron chi connectivity index (χ0n) is 10.4. The van der Waals surface area contributed by atoms with Crippen molar-refractivity contribution in [3.8, 4) is 6.07 Å². The van der Waals surface area contributed by atoms with Crippen LogP contribution in [0.2, 0.25) is 0 Å². The van der Waals surface area contributed by atoms with Gasteiger partial charge in [-0.3, -0.25) is 0 Å². The molecular weight excluding hydrogens is 270 g/mol. The highest BCUT2D eigenvalue weighted by molar-refractivity contribution is 7.88. The first-order chi connectivity index (χ1) is 8.42. The molecule has 0 aliphatic heterocycles. The standard InChI is InChI=1S/C11H17N3O2S2/c1-9(11-5-4-10(8-12)17-11)13-6-3-7-14-18(2,15)16/h4-5,9,13-14H,3,6-7H2,1-2H3/t9-/m0/s1. The summed E-state index contributed by atoms with van der Waals surface area (Å²) in [5, 5.41) is 12.0. The highest BCUT2D eigenvalue weighted by atomic mass is 32.2. The molecule has 5 nitrogen and oxygen atoms in total. The Labute approximate surface area is 112 Å². The van der Waals surface area contributed by atoms with E-state index in [1.54, 1.807) is 0 Å². The van der Waals surface area contributed by atoms with E-state index in [1.807, 2.05) is 19.1 Å². The molecule has 0 amide bonds. The average molecular weight is 287 g/mol. The van der Waals surface area contributed by atoms with Gasteiger partial charge in [0.25, 0.3) is 0 Å². The molecule has 0 aliphatic rings. The molecule has 0 unspecified atom stereocenters. The Kier molecular flexibility index (Phi) is 5.75. The van der Waals surface area contributed by atoms with Crippen molar-refractivity contribution in [2.75, 3.05) is 19.3 Å². The summed E-state index contributed by atoms with van der Waals surface area (Å²) in [5.74, 6) is 0. The lowest BCUT2D eigenvalue weighted by Gasteiger charge is -2.11. The molecule has 1 aromatic rings. The molecule has 1 atom stereocenters. The third kappa shape index (κ3) is 5.60. The predicted molar refractivity (Wildman–Crippen MR) is 72.9 cm³/mol. The summed E-state index contributed by atoms with van der Waals surface area (Å²) >= 11 is 1.47. The molecule has 1 aromatic heterocycles. The summed E-state index contributed by atoms with van der Waals surface area (Å²) in [7, 11) is -3.09. The van der Waals surface area contributed by atoms with Crippen LogP contribution in [-0.4, -0.2) is 27.8 Å². The second-order valence-electron chi connectivity index (χ2n) is 4.01. The summed E-state index contributed by atoms with van der Waals surface area (Å²) in [6.45, 7) is 3.19. The fourth-order valence-corrected chi connectivity index (χ4v) is 2.76. The third-order valence-corrected chi connectivity index (χ3v) is 4.23. The van der Waals surface area contributed by atoms with Crippen molar-refractivity contribution in [1.82, 2.24) is 10.0 Å². The minimum atomic E-state index is -3.09. The van der Waals surface area contributed by atoms with Gasteiger partial charge in [-0.05, 0) is 32.0 Å². The Morgan fingerprint density at radius 1 is 1.44 bits per heavy atom. The Balaban J connectivity index is 2.25. The Morgan fingerprint density at radius 2 is 2.17 bits per heavy atom. The van der Waals surface area contributed by atoms with Crippen LogP contribution < -0.4 is 10.0 Å². The summed E-state index contributed by atoms with van der Waals surface area (Å²) in [6.07, 6.45) is 1.88. The van der Waals surface area contributed by atoms with Crippen molar-refractivity contribution in [2.24, 2.45) is 0 Å². The number of hydrogen-bond acceptors (Lipinski definition) is 5. The van der Waals surface area contributed by atoms with Crippen LogP contribution in [0.1, 0.15) is 29.1 Å². The van der Waals surface area contributed by atoms with Gasteiger partial charge in [0.2, 0.25) is 10.0 Å². The van der Waals surface area contributed by atoms with Crippen LogP contribution in [-0.2, 0) is 10.0 Å². The normalized spacial score (nSPS) is 13.2. The van der Waals surface area contributed by atoms with E-state index in [0.29, 0.717) is 11.4 Å². The summed E-state index contributed by atoms with van der Waals surface area (Å²) < 4.78 is 24.1. The topological polar surface area (TPSA) is 82.0 Å². The van der Waals surface area contributed by atoms with E-state index in [4.69, 9.17) is 5.26 Å². The van der Waals surface area contributed by atoms with E-state index in [2.05, 4.69) is 16.1 Å². The Morgan fingerprint density at radius 3 is 2.72 bits per heavy atom. The zero-order valence-corrected chi connectivity index (χ0v) is 12.1. The predicted octanol–water partition coefficient (Wildman–Crippen LogP) is 1.21. The Hall–Kier alpha value is -0.940. The molecule has 0 saturated carbocycles. The van der Waals surface area contributed by atoms with Crippen molar-refractivity contribution >= 4 is 21.4 Å². The largest absolute Gasteiger partial charge is 0.309 e. The number of hydrogen-bond donors (Lipinski definition) is 2. The molecule has 0 bridgehead atoms. The van der Waals surface area contributed by atoms with Gasteiger partial charge >= 0.3 is 0 Å². The van der Waals surface area contributed by atoms with Crippen molar-refractivity contribution in [3.63, 3.8) is 0 Å². The van der Waals surface area contributed by atoms with Crippen LogP contribution in [0.3, 0.4) is 0 Å².